The quantitative estimate of drug-likeness (QED) is 0.749. The van der Waals surface area contributed by atoms with Crippen LogP contribution < -0.4 is 19.7 Å². The van der Waals surface area contributed by atoms with Gasteiger partial charge in [-0.3, -0.25) is 14.7 Å². The molecule has 0 radical (unpaired) electrons. The van der Waals surface area contributed by atoms with E-state index in [0.29, 0.717) is 36.8 Å². The Balaban J connectivity index is 1.56. The molecule has 1 saturated heterocycles. The van der Waals surface area contributed by atoms with Crippen LogP contribution >= 0.6 is 0 Å². The molecule has 0 atom stereocenters. The molecule has 1 aromatic carbocycles. The van der Waals surface area contributed by atoms with Gasteiger partial charge in [-0.25, -0.2) is 4.79 Å². The van der Waals surface area contributed by atoms with Crippen molar-refractivity contribution in [1.29, 1.82) is 0 Å². The standard InChI is InChI=1S/C20H24N4O4/c1-27-16-3-4-18(28-2)17(13-16)24-12-11-23(20(24)26)14-19(25)22-10-7-15-5-8-21-9-6-15/h3-6,8-9,13H,7,10-12,14H2,1-2H3,(H,22,25). The van der Waals surface area contributed by atoms with Crippen molar-refractivity contribution in [3.8, 4) is 11.5 Å². The van der Waals surface area contributed by atoms with E-state index in [1.54, 1.807) is 49.7 Å². The maximum atomic E-state index is 12.8. The molecule has 0 bridgehead atoms. The second-order valence-electron chi connectivity index (χ2n) is 6.35. The Bertz CT molecular complexity index is 828. The Morgan fingerprint density at radius 1 is 1.14 bits per heavy atom. The Morgan fingerprint density at radius 2 is 1.93 bits per heavy atom. The molecule has 8 heteroatoms. The van der Waals surface area contributed by atoms with Gasteiger partial charge in [0.1, 0.15) is 18.0 Å². The third-order valence-corrected chi connectivity index (χ3v) is 4.59. The molecule has 0 aliphatic carbocycles. The van der Waals surface area contributed by atoms with Crippen LogP contribution in [0.15, 0.2) is 42.7 Å². The van der Waals surface area contributed by atoms with E-state index in [9.17, 15) is 9.59 Å². The van der Waals surface area contributed by atoms with Crippen LogP contribution in [-0.4, -0.2) is 62.2 Å². The third kappa shape index (κ3) is 4.51. The van der Waals surface area contributed by atoms with E-state index in [4.69, 9.17) is 9.47 Å². The van der Waals surface area contributed by atoms with Crippen molar-refractivity contribution in [3.05, 3.63) is 48.3 Å². The van der Waals surface area contributed by atoms with E-state index in [2.05, 4.69) is 10.3 Å². The van der Waals surface area contributed by atoms with Crippen molar-refractivity contribution >= 4 is 17.6 Å². The number of hydrogen-bond donors (Lipinski definition) is 1. The van der Waals surface area contributed by atoms with E-state index >= 15 is 0 Å². The first-order chi connectivity index (χ1) is 13.6. The molecule has 0 unspecified atom stereocenters. The smallest absolute Gasteiger partial charge is 0.325 e. The van der Waals surface area contributed by atoms with Crippen molar-refractivity contribution in [2.45, 2.75) is 6.42 Å². The molecule has 1 aliphatic heterocycles. The van der Waals surface area contributed by atoms with Crippen molar-refractivity contribution < 1.29 is 19.1 Å². The predicted molar refractivity (Wildman–Crippen MR) is 105 cm³/mol. The van der Waals surface area contributed by atoms with Gasteiger partial charge < -0.3 is 19.7 Å². The van der Waals surface area contributed by atoms with Crippen molar-refractivity contribution in [2.75, 3.05) is 45.3 Å². The summed E-state index contributed by atoms with van der Waals surface area (Å²) in [4.78, 5) is 32.1. The van der Waals surface area contributed by atoms with Crippen LogP contribution in [0.5, 0.6) is 11.5 Å². The van der Waals surface area contributed by atoms with Gasteiger partial charge in [0.25, 0.3) is 0 Å². The molecular weight excluding hydrogens is 360 g/mol. The molecular formula is C20H24N4O4. The summed E-state index contributed by atoms with van der Waals surface area (Å²) in [5.41, 5.74) is 1.73. The number of pyridine rings is 1. The topological polar surface area (TPSA) is 84.0 Å². The van der Waals surface area contributed by atoms with Gasteiger partial charge in [0, 0.05) is 38.1 Å². The van der Waals surface area contributed by atoms with E-state index in [-0.39, 0.29) is 18.5 Å². The predicted octanol–water partition coefficient (Wildman–Crippen LogP) is 1.70. The number of anilines is 1. The summed E-state index contributed by atoms with van der Waals surface area (Å²) in [5, 5.41) is 2.86. The van der Waals surface area contributed by atoms with Gasteiger partial charge in [0.2, 0.25) is 5.91 Å². The Hall–Kier alpha value is -3.29. The molecule has 8 nitrogen and oxygen atoms in total. The molecule has 0 saturated carbocycles. The SMILES string of the molecule is COc1ccc(OC)c(N2CCN(CC(=O)NCCc3ccncc3)C2=O)c1. The number of amides is 3. The zero-order chi connectivity index (χ0) is 19.9. The lowest BCUT2D eigenvalue weighted by molar-refractivity contribution is -0.121. The third-order valence-electron chi connectivity index (χ3n) is 4.59. The number of nitrogens with one attached hydrogen (secondary N) is 1. The van der Waals surface area contributed by atoms with Crippen LogP contribution in [0.2, 0.25) is 0 Å². The molecule has 28 heavy (non-hydrogen) atoms. The van der Waals surface area contributed by atoms with E-state index in [1.165, 1.54) is 4.90 Å². The summed E-state index contributed by atoms with van der Waals surface area (Å²) < 4.78 is 10.6. The summed E-state index contributed by atoms with van der Waals surface area (Å²) in [6, 6.07) is 8.89. The highest BCUT2D eigenvalue weighted by Gasteiger charge is 2.32. The first-order valence-electron chi connectivity index (χ1n) is 9.06. The summed E-state index contributed by atoms with van der Waals surface area (Å²) in [6.45, 7) is 1.49. The van der Waals surface area contributed by atoms with Gasteiger partial charge in [-0.15, -0.1) is 0 Å². The van der Waals surface area contributed by atoms with Gasteiger partial charge in [0.05, 0.1) is 19.9 Å². The second-order valence-corrected chi connectivity index (χ2v) is 6.35. The minimum absolute atomic E-state index is 0.0258. The lowest BCUT2D eigenvalue weighted by Crippen LogP contribution is -2.40. The molecule has 1 aromatic heterocycles. The molecule has 3 rings (SSSR count). The van der Waals surface area contributed by atoms with E-state index in [0.717, 1.165) is 12.0 Å². The van der Waals surface area contributed by atoms with Crippen LogP contribution in [-0.2, 0) is 11.2 Å². The second kappa shape index (κ2) is 9.07. The first kappa shape index (κ1) is 19.5. The molecule has 148 valence electrons. The van der Waals surface area contributed by atoms with Gasteiger partial charge >= 0.3 is 6.03 Å². The molecule has 3 amide bonds. The number of urea groups is 1. The molecule has 0 spiro atoms. The number of rotatable bonds is 8. The van der Waals surface area contributed by atoms with Crippen LogP contribution in [0.3, 0.4) is 0 Å². The lowest BCUT2D eigenvalue weighted by Gasteiger charge is -2.21. The minimum Gasteiger partial charge on any atom is -0.497 e. The fourth-order valence-electron chi connectivity index (χ4n) is 3.09. The van der Waals surface area contributed by atoms with E-state index in [1.807, 2.05) is 12.1 Å². The zero-order valence-corrected chi connectivity index (χ0v) is 16.1. The van der Waals surface area contributed by atoms with Crippen LogP contribution in [0.4, 0.5) is 10.5 Å². The lowest BCUT2D eigenvalue weighted by atomic mass is 10.2. The fraction of sp³-hybridized carbons (Fsp3) is 0.350. The number of hydrogen-bond acceptors (Lipinski definition) is 5. The molecule has 1 N–H and O–H groups in total. The highest BCUT2D eigenvalue weighted by molar-refractivity contribution is 5.97. The molecule has 1 aliphatic rings. The molecule has 2 heterocycles. The normalized spacial score (nSPS) is 13.6. The van der Waals surface area contributed by atoms with Gasteiger partial charge in [-0.1, -0.05) is 0 Å². The number of methoxy groups -OCH3 is 2. The number of nitrogens with zero attached hydrogens (tertiary/aromatic N) is 3. The number of carbonyl (C=O) groups excluding carboxylic acids is 2. The highest BCUT2D eigenvalue weighted by Crippen LogP contribution is 2.34. The van der Waals surface area contributed by atoms with Crippen molar-refractivity contribution in [2.24, 2.45) is 0 Å². The number of carbonyl (C=O) groups is 2. The Morgan fingerprint density at radius 3 is 2.64 bits per heavy atom. The summed E-state index contributed by atoms with van der Waals surface area (Å²) in [6.07, 6.45) is 4.16. The maximum Gasteiger partial charge on any atom is 0.325 e. The van der Waals surface area contributed by atoms with Gasteiger partial charge in [-0.2, -0.15) is 0 Å². The Labute approximate surface area is 164 Å². The summed E-state index contributed by atoms with van der Waals surface area (Å²) >= 11 is 0. The maximum absolute atomic E-state index is 12.8. The van der Waals surface area contributed by atoms with Gasteiger partial charge in [0.15, 0.2) is 0 Å². The number of benzene rings is 1. The van der Waals surface area contributed by atoms with Crippen LogP contribution in [0, 0.1) is 0 Å². The largest absolute Gasteiger partial charge is 0.497 e. The zero-order valence-electron chi connectivity index (χ0n) is 16.1. The van der Waals surface area contributed by atoms with Crippen LogP contribution in [0.1, 0.15) is 5.56 Å². The summed E-state index contributed by atoms with van der Waals surface area (Å²) in [7, 11) is 3.12. The Kier molecular flexibility index (Phi) is 6.31. The van der Waals surface area contributed by atoms with E-state index < -0.39 is 0 Å². The highest BCUT2D eigenvalue weighted by atomic mass is 16.5. The van der Waals surface area contributed by atoms with Crippen LogP contribution in [0.25, 0.3) is 0 Å². The number of ether oxygens (including phenoxy) is 2. The molecule has 2 aromatic rings. The summed E-state index contributed by atoms with van der Waals surface area (Å²) in [5.74, 6) is 1.04. The minimum atomic E-state index is -0.226. The first-order valence-corrected chi connectivity index (χ1v) is 9.06. The molecule has 1 fully saturated rings. The number of aromatic nitrogens is 1. The average molecular weight is 384 g/mol. The van der Waals surface area contributed by atoms with Gasteiger partial charge in [-0.05, 0) is 36.2 Å². The monoisotopic (exact) mass is 384 g/mol. The van der Waals surface area contributed by atoms with Crippen molar-refractivity contribution in [1.82, 2.24) is 15.2 Å². The fourth-order valence-corrected chi connectivity index (χ4v) is 3.09. The average Bonchev–Trinajstić information content (AvgIpc) is 3.08. The van der Waals surface area contributed by atoms with Crippen molar-refractivity contribution in [3.63, 3.8) is 0 Å².